The maximum atomic E-state index is 10.9. The molecule has 1 aromatic rings. The summed E-state index contributed by atoms with van der Waals surface area (Å²) < 4.78 is 5.48. The third-order valence-electron chi connectivity index (χ3n) is 2.52. The molecule has 1 aromatic heterocycles. The summed E-state index contributed by atoms with van der Waals surface area (Å²) in [5, 5.41) is 9.69. The molecule has 1 unspecified atom stereocenters. The van der Waals surface area contributed by atoms with E-state index in [0.717, 1.165) is 25.2 Å². The molecule has 1 aliphatic heterocycles. The number of thioether (sulfide) groups is 1. The number of carboxylic acid groups (broad SMARTS) is 1. The van der Waals surface area contributed by atoms with Gasteiger partial charge in [-0.1, -0.05) is 11.6 Å². The minimum atomic E-state index is -1.03. The molecule has 1 saturated heterocycles. The SMILES string of the molecule is O=C(O)c1ccnc(SCC2CCCO2)c1Cl. The van der Waals surface area contributed by atoms with Crippen LogP contribution in [0.5, 0.6) is 0 Å². The molecule has 2 rings (SSSR count). The highest BCUT2D eigenvalue weighted by Gasteiger charge is 2.18. The first kappa shape index (κ1) is 12.7. The highest BCUT2D eigenvalue weighted by atomic mass is 35.5. The van der Waals surface area contributed by atoms with Crippen molar-refractivity contribution < 1.29 is 14.6 Å². The largest absolute Gasteiger partial charge is 0.478 e. The van der Waals surface area contributed by atoms with Crippen molar-refractivity contribution in [2.24, 2.45) is 0 Å². The summed E-state index contributed by atoms with van der Waals surface area (Å²) in [6.45, 7) is 0.807. The van der Waals surface area contributed by atoms with Crippen LogP contribution in [0.15, 0.2) is 17.3 Å². The predicted octanol–water partition coefficient (Wildman–Crippen LogP) is 2.70. The molecule has 0 aliphatic carbocycles. The van der Waals surface area contributed by atoms with E-state index in [1.165, 1.54) is 24.0 Å². The number of rotatable bonds is 4. The van der Waals surface area contributed by atoms with Gasteiger partial charge >= 0.3 is 5.97 Å². The van der Waals surface area contributed by atoms with Gasteiger partial charge in [-0.05, 0) is 18.9 Å². The van der Waals surface area contributed by atoms with E-state index < -0.39 is 5.97 Å². The first-order valence-corrected chi connectivity index (χ1v) is 6.67. The second-order valence-electron chi connectivity index (χ2n) is 3.73. The predicted molar refractivity (Wildman–Crippen MR) is 65.9 cm³/mol. The van der Waals surface area contributed by atoms with Gasteiger partial charge in [-0.15, -0.1) is 11.8 Å². The second-order valence-corrected chi connectivity index (χ2v) is 5.12. The molecule has 0 spiro atoms. The van der Waals surface area contributed by atoms with Crippen molar-refractivity contribution in [3.05, 3.63) is 22.8 Å². The normalized spacial score (nSPS) is 19.5. The van der Waals surface area contributed by atoms with Gasteiger partial charge in [0.25, 0.3) is 0 Å². The lowest BCUT2D eigenvalue weighted by Gasteiger charge is -2.09. The van der Waals surface area contributed by atoms with Crippen LogP contribution in [0.1, 0.15) is 23.2 Å². The Morgan fingerprint density at radius 3 is 3.18 bits per heavy atom. The number of carbonyl (C=O) groups is 1. The molecule has 6 heteroatoms. The van der Waals surface area contributed by atoms with Gasteiger partial charge in [-0.2, -0.15) is 0 Å². The molecule has 2 heterocycles. The molecule has 1 aliphatic rings. The van der Waals surface area contributed by atoms with Crippen molar-refractivity contribution in [3.63, 3.8) is 0 Å². The van der Waals surface area contributed by atoms with Crippen molar-refractivity contribution in [1.82, 2.24) is 4.98 Å². The average molecular weight is 274 g/mol. The van der Waals surface area contributed by atoms with Crippen LogP contribution in [0, 0.1) is 0 Å². The smallest absolute Gasteiger partial charge is 0.337 e. The molecule has 1 fully saturated rings. The first-order chi connectivity index (χ1) is 8.18. The molecular formula is C11H12ClNO3S. The monoisotopic (exact) mass is 273 g/mol. The summed E-state index contributed by atoms with van der Waals surface area (Å²) in [7, 11) is 0. The van der Waals surface area contributed by atoms with E-state index in [9.17, 15) is 4.79 Å². The number of pyridine rings is 1. The topological polar surface area (TPSA) is 59.4 Å². The quantitative estimate of drug-likeness (QED) is 0.855. The zero-order valence-corrected chi connectivity index (χ0v) is 10.6. The fourth-order valence-corrected chi connectivity index (χ4v) is 2.97. The van der Waals surface area contributed by atoms with E-state index in [1.54, 1.807) is 0 Å². The van der Waals surface area contributed by atoms with E-state index in [1.807, 2.05) is 0 Å². The van der Waals surface area contributed by atoms with Crippen molar-refractivity contribution in [1.29, 1.82) is 0 Å². The molecule has 4 nitrogen and oxygen atoms in total. The number of carboxylic acids is 1. The van der Waals surface area contributed by atoms with Crippen molar-refractivity contribution in [2.45, 2.75) is 24.0 Å². The summed E-state index contributed by atoms with van der Waals surface area (Å²) >= 11 is 7.43. The Kier molecular flexibility index (Phi) is 4.25. The minimum Gasteiger partial charge on any atom is -0.478 e. The standard InChI is InChI=1S/C11H12ClNO3S/c12-9-8(11(14)15)3-4-13-10(9)17-6-7-2-1-5-16-7/h3-4,7H,1-2,5-6H2,(H,14,15). The fourth-order valence-electron chi connectivity index (χ4n) is 1.64. The van der Waals surface area contributed by atoms with E-state index in [2.05, 4.69) is 4.98 Å². The fraction of sp³-hybridized carbons (Fsp3) is 0.455. The van der Waals surface area contributed by atoms with Gasteiger partial charge in [0.2, 0.25) is 0 Å². The van der Waals surface area contributed by atoms with Crippen LogP contribution in [0.25, 0.3) is 0 Å². The summed E-state index contributed by atoms with van der Waals surface area (Å²) in [5.41, 5.74) is 0.0940. The van der Waals surface area contributed by atoms with Crippen LogP contribution in [0.3, 0.4) is 0 Å². The molecule has 0 aromatic carbocycles. The molecule has 1 atom stereocenters. The number of aromatic nitrogens is 1. The lowest BCUT2D eigenvalue weighted by Crippen LogP contribution is -2.08. The number of ether oxygens (including phenoxy) is 1. The third kappa shape index (κ3) is 3.12. The Morgan fingerprint density at radius 2 is 2.53 bits per heavy atom. The highest BCUT2D eigenvalue weighted by Crippen LogP contribution is 2.30. The van der Waals surface area contributed by atoms with Gasteiger partial charge in [0.15, 0.2) is 0 Å². The van der Waals surface area contributed by atoms with Crippen LogP contribution in [0.4, 0.5) is 0 Å². The van der Waals surface area contributed by atoms with Crippen molar-refractivity contribution >= 4 is 29.3 Å². The Bertz CT molecular complexity index is 421. The zero-order valence-electron chi connectivity index (χ0n) is 9.06. The first-order valence-electron chi connectivity index (χ1n) is 5.30. The molecule has 0 amide bonds. The van der Waals surface area contributed by atoms with Gasteiger partial charge in [0.1, 0.15) is 5.03 Å². The highest BCUT2D eigenvalue weighted by molar-refractivity contribution is 7.99. The molecular weight excluding hydrogens is 262 g/mol. The summed E-state index contributed by atoms with van der Waals surface area (Å²) in [4.78, 5) is 15.0. The lowest BCUT2D eigenvalue weighted by atomic mass is 10.3. The molecule has 92 valence electrons. The van der Waals surface area contributed by atoms with Crippen LogP contribution in [0.2, 0.25) is 5.02 Å². The lowest BCUT2D eigenvalue weighted by molar-refractivity contribution is 0.0696. The van der Waals surface area contributed by atoms with Crippen molar-refractivity contribution in [3.8, 4) is 0 Å². The van der Waals surface area contributed by atoms with E-state index in [0.29, 0.717) is 5.03 Å². The summed E-state index contributed by atoms with van der Waals surface area (Å²) in [6.07, 6.45) is 3.82. The van der Waals surface area contributed by atoms with Crippen LogP contribution >= 0.6 is 23.4 Å². The van der Waals surface area contributed by atoms with Gasteiger partial charge in [0, 0.05) is 18.6 Å². The van der Waals surface area contributed by atoms with Crippen LogP contribution in [-0.2, 0) is 4.74 Å². The molecule has 0 saturated carbocycles. The number of hydrogen-bond acceptors (Lipinski definition) is 4. The maximum absolute atomic E-state index is 10.9. The van der Waals surface area contributed by atoms with E-state index >= 15 is 0 Å². The van der Waals surface area contributed by atoms with Crippen molar-refractivity contribution in [2.75, 3.05) is 12.4 Å². The Hall–Kier alpha value is -0.780. The minimum absolute atomic E-state index is 0.0940. The Balaban J connectivity index is 2.04. The van der Waals surface area contributed by atoms with Gasteiger partial charge in [0.05, 0.1) is 16.7 Å². The summed E-state index contributed by atoms with van der Waals surface area (Å²) in [6, 6.07) is 1.40. The van der Waals surface area contributed by atoms with Gasteiger partial charge < -0.3 is 9.84 Å². The number of halogens is 1. The van der Waals surface area contributed by atoms with Crippen LogP contribution < -0.4 is 0 Å². The summed E-state index contributed by atoms with van der Waals surface area (Å²) in [5.74, 6) is -0.271. The average Bonchev–Trinajstić information content (AvgIpc) is 2.80. The van der Waals surface area contributed by atoms with E-state index in [4.69, 9.17) is 21.4 Å². The zero-order chi connectivity index (χ0) is 12.3. The van der Waals surface area contributed by atoms with Crippen LogP contribution in [-0.4, -0.2) is 34.5 Å². The number of aromatic carboxylic acids is 1. The number of hydrogen-bond donors (Lipinski definition) is 1. The molecule has 1 N–H and O–H groups in total. The number of nitrogens with zero attached hydrogens (tertiary/aromatic N) is 1. The maximum Gasteiger partial charge on any atom is 0.337 e. The molecule has 0 radical (unpaired) electrons. The molecule has 0 bridgehead atoms. The van der Waals surface area contributed by atoms with E-state index in [-0.39, 0.29) is 16.7 Å². The second kappa shape index (κ2) is 5.71. The Labute approximate surface area is 108 Å². The molecule has 17 heavy (non-hydrogen) atoms. The third-order valence-corrected chi connectivity index (χ3v) is 4.13. The Morgan fingerprint density at radius 1 is 1.71 bits per heavy atom. The van der Waals surface area contributed by atoms with Gasteiger partial charge in [-0.25, -0.2) is 9.78 Å². The van der Waals surface area contributed by atoms with Gasteiger partial charge in [-0.3, -0.25) is 0 Å².